The summed E-state index contributed by atoms with van der Waals surface area (Å²) in [5, 5.41) is 15.0. The van der Waals surface area contributed by atoms with E-state index in [1.807, 2.05) is 30.3 Å². The Balaban J connectivity index is 1.93. The van der Waals surface area contributed by atoms with E-state index in [9.17, 15) is 14.9 Å². The van der Waals surface area contributed by atoms with Crippen molar-refractivity contribution in [3.63, 3.8) is 0 Å². The van der Waals surface area contributed by atoms with Crippen LogP contribution in [-0.2, 0) is 6.54 Å². The highest BCUT2D eigenvalue weighted by molar-refractivity contribution is 5.97. The average molecular weight is 299 g/mol. The molecule has 0 atom stereocenters. The molecule has 6 heteroatoms. The van der Waals surface area contributed by atoms with Crippen LogP contribution in [0.5, 0.6) is 0 Å². The van der Waals surface area contributed by atoms with E-state index in [1.54, 1.807) is 0 Å². The maximum Gasteiger partial charge on any atom is 0.390 e. The van der Waals surface area contributed by atoms with E-state index in [4.69, 9.17) is 0 Å². The highest BCUT2D eigenvalue weighted by Crippen LogP contribution is 2.29. The molecule has 6 nitrogen and oxygen atoms in total. The fourth-order valence-corrected chi connectivity index (χ4v) is 2.96. The molecule has 1 saturated carbocycles. The molecule has 114 valence electrons. The molecule has 0 unspecified atom stereocenters. The number of rotatable bonds is 5. The number of hydrogen-bond donors (Lipinski definition) is 0. The third-order valence-electron chi connectivity index (χ3n) is 4.11. The van der Waals surface area contributed by atoms with Crippen LogP contribution in [-0.4, -0.2) is 20.5 Å². The Morgan fingerprint density at radius 3 is 2.59 bits per heavy atom. The zero-order valence-electron chi connectivity index (χ0n) is 12.1. The van der Waals surface area contributed by atoms with E-state index in [0.717, 1.165) is 31.2 Å². The standard InChI is InChI=1S/C16H17N3O3/c20-16(13-8-4-5-9-13)14-10-15(19(21)22)17-18(14)11-12-6-2-1-3-7-12/h1-3,6-7,10,13H,4-5,8-9,11H2. The number of hydrogen-bond acceptors (Lipinski definition) is 4. The molecule has 0 saturated heterocycles. The smallest absolute Gasteiger partial charge is 0.358 e. The van der Waals surface area contributed by atoms with Crippen LogP contribution >= 0.6 is 0 Å². The Morgan fingerprint density at radius 1 is 1.27 bits per heavy atom. The quantitative estimate of drug-likeness (QED) is 0.482. The molecule has 1 fully saturated rings. The SMILES string of the molecule is O=C(c1cc([N+](=O)[O-])nn1Cc1ccccc1)C1CCCC1. The zero-order valence-corrected chi connectivity index (χ0v) is 12.1. The van der Waals surface area contributed by atoms with Crippen molar-refractivity contribution in [3.8, 4) is 0 Å². The molecule has 1 aliphatic rings. The van der Waals surface area contributed by atoms with Gasteiger partial charge in [0, 0.05) is 5.92 Å². The Morgan fingerprint density at radius 2 is 1.95 bits per heavy atom. The Hall–Kier alpha value is -2.50. The van der Waals surface area contributed by atoms with Crippen molar-refractivity contribution < 1.29 is 9.72 Å². The number of Topliss-reactive ketones (excluding diaryl/α,β-unsaturated/α-hetero) is 1. The normalized spacial score (nSPS) is 15.1. The molecule has 0 bridgehead atoms. The van der Waals surface area contributed by atoms with Crippen LogP contribution in [0.15, 0.2) is 36.4 Å². The molecule has 0 aliphatic heterocycles. The second-order valence-corrected chi connectivity index (χ2v) is 5.63. The molecule has 22 heavy (non-hydrogen) atoms. The molecular formula is C16H17N3O3. The number of ketones is 1. The Labute approximate surface area is 127 Å². The number of benzene rings is 1. The van der Waals surface area contributed by atoms with Crippen LogP contribution < -0.4 is 0 Å². The van der Waals surface area contributed by atoms with Gasteiger partial charge in [-0.3, -0.25) is 4.79 Å². The minimum atomic E-state index is -0.549. The monoisotopic (exact) mass is 299 g/mol. The van der Waals surface area contributed by atoms with Gasteiger partial charge < -0.3 is 10.1 Å². The van der Waals surface area contributed by atoms with Gasteiger partial charge in [-0.1, -0.05) is 43.2 Å². The zero-order chi connectivity index (χ0) is 15.5. The third kappa shape index (κ3) is 2.90. The summed E-state index contributed by atoms with van der Waals surface area (Å²) in [6.45, 7) is 0.364. The summed E-state index contributed by atoms with van der Waals surface area (Å²) in [5.41, 5.74) is 1.31. The molecule has 1 aliphatic carbocycles. The van der Waals surface area contributed by atoms with E-state index in [-0.39, 0.29) is 17.5 Å². The minimum Gasteiger partial charge on any atom is -0.358 e. The second-order valence-electron chi connectivity index (χ2n) is 5.63. The lowest BCUT2D eigenvalue weighted by Gasteiger charge is -2.08. The molecule has 1 heterocycles. The predicted molar refractivity (Wildman–Crippen MR) is 80.7 cm³/mol. The van der Waals surface area contributed by atoms with Crippen LogP contribution in [0, 0.1) is 16.0 Å². The number of carbonyl (C=O) groups excluding carboxylic acids is 1. The first-order valence-corrected chi connectivity index (χ1v) is 7.45. The van der Waals surface area contributed by atoms with Crippen molar-refractivity contribution in [1.29, 1.82) is 0 Å². The average Bonchev–Trinajstić information content (AvgIpc) is 3.17. The summed E-state index contributed by atoms with van der Waals surface area (Å²) < 4.78 is 1.47. The van der Waals surface area contributed by atoms with Crippen LogP contribution in [0.1, 0.15) is 41.7 Å². The van der Waals surface area contributed by atoms with Gasteiger partial charge in [-0.25, -0.2) is 0 Å². The molecule has 0 amide bonds. The van der Waals surface area contributed by atoms with E-state index in [1.165, 1.54) is 10.7 Å². The molecule has 0 radical (unpaired) electrons. The summed E-state index contributed by atoms with van der Waals surface area (Å²) in [7, 11) is 0. The lowest BCUT2D eigenvalue weighted by atomic mass is 10.00. The van der Waals surface area contributed by atoms with Crippen molar-refractivity contribution >= 4 is 11.6 Å². The van der Waals surface area contributed by atoms with Crippen LogP contribution in [0.3, 0.4) is 0 Å². The van der Waals surface area contributed by atoms with Gasteiger partial charge >= 0.3 is 5.82 Å². The van der Waals surface area contributed by atoms with Gasteiger partial charge in [-0.2, -0.15) is 4.68 Å². The van der Waals surface area contributed by atoms with Crippen molar-refractivity contribution in [3.05, 3.63) is 57.8 Å². The van der Waals surface area contributed by atoms with Gasteiger partial charge in [0.05, 0.1) is 17.7 Å². The fraction of sp³-hybridized carbons (Fsp3) is 0.375. The van der Waals surface area contributed by atoms with Gasteiger partial charge in [-0.15, -0.1) is 0 Å². The molecule has 2 aromatic rings. The van der Waals surface area contributed by atoms with E-state index < -0.39 is 4.92 Å². The minimum absolute atomic E-state index is 0.0194. The van der Waals surface area contributed by atoms with Crippen LogP contribution in [0.4, 0.5) is 5.82 Å². The summed E-state index contributed by atoms with van der Waals surface area (Å²) >= 11 is 0. The number of nitro groups is 1. The predicted octanol–water partition coefficient (Wildman–Crippen LogP) is 3.21. The summed E-state index contributed by atoms with van der Waals surface area (Å²) in [6.07, 6.45) is 3.82. The molecular weight excluding hydrogens is 282 g/mol. The fourth-order valence-electron chi connectivity index (χ4n) is 2.96. The Kier molecular flexibility index (Phi) is 4.00. The topological polar surface area (TPSA) is 78.0 Å². The van der Waals surface area contributed by atoms with Crippen molar-refractivity contribution in [2.45, 2.75) is 32.2 Å². The number of carbonyl (C=O) groups is 1. The summed E-state index contributed by atoms with van der Waals surface area (Å²) in [6, 6.07) is 10.8. The first-order valence-electron chi connectivity index (χ1n) is 7.45. The number of aromatic nitrogens is 2. The molecule has 1 aromatic carbocycles. The van der Waals surface area contributed by atoms with Crippen molar-refractivity contribution in [2.24, 2.45) is 5.92 Å². The maximum atomic E-state index is 12.6. The first kappa shape index (κ1) is 14.4. The highest BCUT2D eigenvalue weighted by atomic mass is 16.6. The van der Waals surface area contributed by atoms with Crippen molar-refractivity contribution in [2.75, 3.05) is 0 Å². The third-order valence-corrected chi connectivity index (χ3v) is 4.11. The van der Waals surface area contributed by atoms with Crippen LogP contribution in [0.25, 0.3) is 0 Å². The molecule has 0 spiro atoms. The summed E-state index contributed by atoms with van der Waals surface area (Å²) in [5.74, 6) is -0.308. The van der Waals surface area contributed by atoms with Crippen molar-refractivity contribution in [1.82, 2.24) is 9.78 Å². The Bertz CT molecular complexity index is 688. The van der Waals surface area contributed by atoms with E-state index >= 15 is 0 Å². The molecule has 1 aromatic heterocycles. The van der Waals surface area contributed by atoms with Gasteiger partial charge in [0.25, 0.3) is 0 Å². The highest BCUT2D eigenvalue weighted by Gasteiger charge is 2.30. The summed E-state index contributed by atoms with van der Waals surface area (Å²) in [4.78, 5) is 23.0. The number of nitrogens with zero attached hydrogens (tertiary/aromatic N) is 3. The lowest BCUT2D eigenvalue weighted by Crippen LogP contribution is -2.17. The van der Waals surface area contributed by atoms with Crippen LogP contribution in [0.2, 0.25) is 0 Å². The largest absolute Gasteiger partial charge is 0.390 e. The van der Waals surface area contributed by atoms with Gasteiger partial charge in [-0.05, 0) is 23.3 Å². The second kappa shape index (κ2) is 6.09. The van der Waals surface area contributed by atoms with Gasteiger partial charge in [0.1, 0.15) is 5.69 Å². The lowest BCUT2D eigenvalue weighted by molar-refractivity contribution is -0.389. The molecule has 3 rings (SSSR count). The van der Waals surface area contributed by atoms with E-state index in [0.29, 0.717) is 12.2 Å². The van der Waals surface area contributed by atoms with E-state index in [2.05, 4.69) is 5.10 Å². The molecule has 0 N–H and O–H groups in total. The maximum absolute atomic E-state index is 12.6. The van der Waals surface area contributed by atoms with Gasteiger partial charge in [0.2, 0.25) is 0 Å². The van der Waals surface area contributed by atoms with Gasteiger partial charge in [0.15, 0.2) is 5.78 Å². The first-order chi connectivity index (χ1) is 10.6.